The summed E-state index contributed by atoms with van der Waals surface area (Å²) in [6, 6.07) is 18.6. The lowest BCUT2D eigenvalue weighted by molar-refractivity contribution is -0.137. The number of hydrogen-bond donors (Lipinski definition) is 0. The first kappa shape index (κ1) is 24.6. The van der Waals surface area contributed by atoms with E-state index in [1.54, 1.807) is 19.1 Å². The lowest BCUT2D eigenvalue weighted by Crippen LogP contribution is -2.07. The summed E-state index contributed by atoms with van der Waals surface area (Å²) < 4.78 is 52.0. The molecule has 1 aliphatic carbocycles. The Hall–Kier alpha value is -3.54. The Morgan fingerprint density at radius 2 is 1.69 bits per heavy atom. The molecule has 0 fully saturated rings. The molecule has 1 aliphatic rings. The molecule has 3 aromatic rings. The second kappa shape index (κ2) is 10.4. The standard InChI is InChI=1S/C29H27F3O3/c1-3-34-28(33)22-15-19(2)14-21(16-22)24-10-7-11-25(24)26-17-23(29(30,31)32)12-13-27(26)35-18-20-8-5-4-6-9-20/h4-6,8-9,12-17H,3,7,10-11,18H2,1-2H3. The van der Waals surface area contributed by atoms with Gasteiger partial charge in [-0.3, -0.25) is 0 Å². The van der Waals surface area contributed by atoms with Gasteiger partial charge in [0.05, 0.1) is 17.7 Å². The third kappa shape index (κ3) is 5.76. The highest BCUT2D eigenvalue weighted by molar-refractivity contribution is 5.97. The number of allylic oxidation sites excluding steroid dienone is 2. The summed E-state index contributed by atoms with van der Waals surface area (Å²) in [5.74, 6) is -0.00179. The second-order valence-corrected chi connectivity index (χ2v) is 8.60. The normalized spacial score (nSPS) is 13.7. The molecule has 0 amide bonds. The molecular formula is C29H27F3O3. The SMILES string of the molecule is CCOC(=O)c1cc(C)cc(C2=C(c3cc(C(F)(F)F)ccc3OCc3ccccc3)CCC2)c1. The van der Waals surface area contributed by atoms with Crippen molar-refractivity contribution in [1.29, 1.82) is 0 Å². The fourth-order valence-corrected chi connectivity index (χ4v) is 4.45. The molecule has 0 N–H and O–H groups in total. The Kier molecular flexibility index (Phi) is 7.29. The maximum atomic E-state index is 13.6. The van der Waals surface area contributed by atoms with Gasteiger partial charge in [-0.25, -0.2) is 4.79 Å². The number of ether oxygens (including phenoxy) is 2. The van der Waals surface area contributed by atoms with Crippen LogP contribution in [0.15, 0.2) is 66.7 Å². The predicted octanol–water partition coefficient (Wildman–Crippen LogP) is 7.86. The van der Waals surface area contributed by atoms with Crippen LogP contribution in [0.1, 0.15) is 64.4 Å². The van der Waals surface area contributed by atoms with E-state index < -0.39 is 17.7 Å². The van der Waals surface area contributed by atoms with Crippen LogP contribution in [0, 0.1) is 6.92 Å². The monoisotopic (exact) mass is 480 g/mol. The van der Waals surface area contributed by atoms with Crippen LogP contribution in [0.25, 0.3) is 11.1 Å². The van der Waals surface area contributed by atoms with Crippen LogP contribution in [-0.4, -0.2) is 12.6 Å². The molecule has 0 aromatic heterocycles. The lowest BCUT2D eigenvalue weighted by Gasteiger charge is -2.17. The van der Waals surface area contributed by atoms with Crippen LogP contribution in [0.2, 0.25) is 0 Å². The first-order chi connectivity index (χ1) is 16.8. The van der Waals surface area contributed by atoms with E-state index in [0.717, 1.165) is 40.3 Å². The zero-order valence-corrected chi connectivity index (χ0v) is 19.7. The van der Waals surface area contributed by atoms with E-state index in [4.69, 9.17) is 9.47 Å². The first-order valence-electron chi connectivity index (χ1n) is 11.7. The number of halogens is 3. The van der Waals surface area contributed by atoms with Crippen LogP contribution in [0.3, 0.4) is 0 Å². The summed E-state index contributed by atoms with van der Waals surface area (Å²) in [6.45, 7) is 4.15. The third-order valence-electron chi connectivity index (χ3n) is 6.02. The molecule has 182 valence electrons. The van der Waals surface area contributed by atoms with E-state index in [2.05, 4.69) is 0 Å². The summed E-state index contributed by atoms with van der Waals surface area (Å²) in [4.78, 5) is 12.4. The molecule has 0 spiro atoms. The topological polar surface area (TPSA) is 35.5 Å². The summed E-state index contributed by atoms with van der Waals surface area (Å²) in [6.07, 6.45) is -2.33. The third-order valence-corrected chi connectivity index (χ3v) is 6.02. The maximum Gasteiger partial charge on any atom is 0.416 e. The van der Waals surface area contributed by atoms with Crippen molar-refractivity contribution >= 4 is 17.1 Å². The molecule has 4 rings (SSSR count). The van der Waals surface area contributed by atoms with Gasteiger partial charge < -0.3 is 9.47 Å². The van der Waals surface area contributed by atoms with E-state index in [9.17, 15) is 18.0 Å². The zero-order valence-electron chi connectivity index (χ0n) is 19.7. The van der Waals surface area contributed by atoms with E-state index in [1.807, 2.05) is 43.3 Å². The maximum absolute atomic E-state index is 13.6. The minimum atomic E-state index is -4.47. The van der Waals surface area contributed by atoms with E-state index >= 15 is 0 Å². The minimum Gasteiger partial charge on any atom is -0.488 e. The molecule has 0 saturated heterocycles. The summed E-state index contributed by atoms with van der Waals surface area (Å²) in [7, 11) is 0. The summed E-state index contributed by atoms with van der Waals surface area (Å²) >= 11 is 0. The Labute approximate surface area is 203 Å². The predicted molar refractivity (Wildman–Crippen MR) is 130 cm³/mol. The number of rotatable bonds is 7. The number of aryl methyl sites for hydroxylation is 1. The van der Waals surface area contributed by atoms with Crippen molar-refractivity contribution in [3.05, 3.63) is 100 Å². The van der Waals surface area contributed by atoms with Crippen LogP contribution in [0.5, 0.6) is 5.75 Å². The van der Waals surface area contributed by atoms with Crippen molar-refractivity contribution in [1.82, 2.24) is 0 Å². The van der Waals surface area contributed by atoms with Crippen molar-refractivity contribution < 1.29 is 27.4 Å². The summed E-state index contributed by atoms with van der Waals surface area (Å²) in [5, 5.41) is 0. The van der Waals surface area contributed by atoms with E-state index in [1.165, 1.54) is 12.1 Å². The molecule has 0 aliphatic heterocycles. The molecule has 6 heteroatoms. The number of alkyl halides is 3. The average Bonchev–Trinajstić information content (AvgIpc) is 3.32. The number of carbonyl (C=O) groups is 1. The highest BCUT2D eigenvalue weighted by atomic mass is 19.4. The average molecular weight is 481 g/mol. The molecule has 0 bridgehead atoms. The van der Waals surface area contributed by atoms with Crippen LogP contribution >= 0.6 is 0 Å². The van der Waals surface area contributed by atoms with Gasteiger partial charge >= 0.3 is 12.1 Å². The van der Waals surface area contributed by atoms with Crippen molar-refractivity contribution in [2.45, 2.75) is 45.9 Å². The van der Waals surface area contributed by atoms with Gasteiger partial charge in [-0.05, 0) is 91.3 Å². The highest BCUT2D eigenvalue weighted by Gasteiger charge is 2.32. The van der Waals surface area contributed by atoms with Gasteiger partial charge in [0.1, 0.15) is 12.4 Å². The van der Waals surface area contributed by atoms with Crippen LogP contribution in [0.4, 0.5) is 13.2 Å². The quantitative estimate of drug-likeness (QED) is 0.323. The molecular weight excluding hydrogens is 453 g/mol. The Balaban J connectivity index is 1.79. The Morgan fingerprint density at radius 1 is 0.943 bits per heavy atom. The largest absolute Gasteiger partial charge is 0.488 e. The van der Waals surface area contributed by atoms with E-state index in [0.29, 0.717) is 29.7 Å². The Morgan fingerprint density at radius 3 is 2.40 bits per heavy atom. The van der Waals surface area contributed by atoms with Crippen molar-refractivity contribution in [3.63, 3.8) is 0 Å². The fourth-order valence-electron chi connectivity index (χ4n) is 4.45. The Bertz CT molecular complexity index is 1240. The van der Waals surface area contributed by atoms with Gasteiger partial charge in [0.2, 0.25) is 0 Å². The highest BCUT2D eigenvalue weighted by Crippen LogP contribution is 2.45. The van der Waals surface area contributed by atoms with Crippen molar-refractivity contribution in [3.8, 4) is 5.75 Å². The lowest BCUT2D eigenvalue weighted by atomic mass is 9.93. The van der Waals surface area contributed by atoms with Gasteiger partial charge in [0.15, 0.2) is 0 Å². The number of hydrogen-bond acceptors (Lipinski definition) is 3. The number of carbonyl (C=O) groups excluding carboxylic acids is 1. The van der Waals surface area contributed by atoms with Gasteiger partial charge in [0, 0.05) is 5.56 Å². The van der Waals surface area contributed by atoms with E-state index in [-0.39, 0.29) is 13.2 Å². The van der Waals surface area contributed by atoms with Crippen LogP contribution in [-0.2, 0) is 17.5 Å². The smallest absolute Gasteiger partial charge is 0.416 e. The van der Waals surface area contributed by atoms with Crippen molar-refractivity contribution in [2.75, 3.05) is 6.61 Å². The summed E-state index contributed by atoms with van der Waals surface area (Å²) in [5.41, 5.74) is 4.56. The molecule has 35 heavy (non-hydrogen) atoms. The zero-order chi connectivity index (χ0) is 25.0. The minimum absolute atomic E-state index is 0.249. The molecule has 3 aromatic carbocycles. The van der Waals surface area contributed by atoms with Crippen LogP contribution < -0.4 is 4.74 Å². The second-order valence-electron chi connectivity index (χ2n) is 8.60. The first-order valence-corrected chi connectivity index (χ1v) is 11.7. The molecule has 0 saturated carbocycles. The van der Waals surface area contributed by atoms with Gasteiger partial charge in [-0.2, -0.15) is 13.2 Å². The molecule has 0 atom stereocenters. The molecule has 0 radical (unpaired) electrons. The van der Waals surface area contributed by atoms with Gasteiger partial charge in [-0.15, -0.1) is 0 Å². The number of esters is 1. The molecule has 0 heterocycles. The number of benzene rings is 3. The molecule has 0 unspecified atom stereocenters. The fraction of sp³-hybridized carbons (Fsp3) is 0.276. The van der Waals surface area contributed by atoms with Gasteiger partial charge in [-0.1, -0.05) is 36.4 Å². The molecule has 3 nitrogen and oxygen atoms in total. The van der Waals surface area contributed by atoms with Gasteiger partial charge in [0.25, 0.3) is 0 Å². The van der Waals surface area contributed by atoms with Crippen molar-refractivity contribution in [2.24, 2.45) is 0 Å².